The molecule has 1 unspecified atom stereocenters. The van der Waals surface area contributed by atoms with Gasteiger partial charge in [-0.2, -0.15) is 21.4 Å². The quantitative estimate of drug-likeness (QED) is 0.0252. The molecular formula is C53H70N3O14S2+. The van der Waals surface area contributed by atoms with Crippen LogP contribution in [0, 0.1) is 20.8 Å². The van der Waals surface area contributed by atoms with E-state index in [2.05, 4.69) is 14.8 Å². The van der Waals surface area contributed by atoms with Crippen molar-refractivity contribution < 1.29 is 69.3 Å². The van der Waals surface area contributed by atoms with Crippen LogP contribution in [0.4, 0.5) is 11.4 Å². The van der Waals surface area contributed by atoms with E-state index in [4.69, 9.17) is 24.1 Å². The van der Waals surface area contributed by atoms with Gasteiger partial charge in [0, 0.05) is 66.0 Å². The first kappa shape index (κ1) is 55.9. The Kier molecular flexibility index (Phi) is 17.7. The van der Waals surface area contributed by atoms with Gasteiger partial charge in [-0.15, -0.1) is 0 Å². The Morgan fingerprint density at radius 1 is 0.778 bits per heavy atom. The Hall–Kier alpha value is -5.41. The predicted octanol–water partition coefficient (Wildman–Crippen LogP) is 7.58. The molecule has 0 spiro atoms. The Morgan fingerprint density at radius 2 is 1.40 bits per heavy atom. The molecular weight excluding hydrogens is 967 g/mol. The summed E-state index contributed by atoms with van der Waals surface area (Å²) in [6.07, 6.45) is 12.6. The van der Waals surface area contributed by atoms with Crippen molar-refractivity contribution >= 4 is 49.2 Å². The van der Waals surface area contributed by atoms with Crippen molar-refractivity contribution in [3.8, 4) is 11.5 Å². The third kappa shape index (κ3) is 12.5. The molecule has 3 heterocycles. The molecule has 3 aliphatic rings. The molecule has 0 bridgehead atoms. The molecule has 1 amide bonds. The van der Waals surface area contributed by atoms with Crippen LogP contribution in [0.2, 0.25) is 0 Å². The summed E-state index contributed by atoms with van der Waals surface area (Å²) < 4.78 is 94.0. The maximum atomic E-state index is 13.2. The summed E-state index contributed by atoms with van der Waals surface area (Å²) in [4.78, 5) is 26.0. The maximum Gasteiger partial charge on any atom is 0.303 e. The number of carboxylic acid groups (broad SMARTS) is 1. The average molecular weight is 1040 g/mol. The summed E-state index contributed by atoms with van der Waals surface area (Å²) in [5.41, 5.74) is 5.68. The van der Waals surface area contributed by atoms with Crippen LogP contribution in [0.3, 0.4) is 0 Å². The van der Waals surface area contributed by atoms with Crippen LogP contribution in [0.1, 0.15) is 100 Å². The first-order valence-electron chi connectivity index (χ1n) is 24.3. The summed E-state index contributed by atoms with van der Waals surface area (Å²) >= 11 is 0. The average Bonchev–Trinajstić information content (AvgIpc) is 3.66. The Bertz CT molecular complexity index is 2900. The zero-order chi connectivity index (χ0) is 52.8. The number of hydrogen-bond donors (Lipinski definition) is 5. The number of allylic oxidation sites excluding steroid dienone is 6. The number of carboxylic acids is 1. The van der Waals surface area contributed by atoms with Crippen LogP contribution in [-0.2, 0) is 61.3 Å². The number of ether oxygens (including phenoxy) is 4. The number of fused-ring (bicyclic) bond motifs is 3. The number of nitrogens with one attached hydrogen (secondary N) is 1. The molecule has 0 saturated carbocycles. The zero-order valence-electron chi connectivity index (χ0n) is 42.5. The highest BCUT2D eigenvalue weighted by molar-refractivity contribution is 7.86. The number of unbranched alkanes of at least 4 members (excludes halogenated alkanes) is 2. The van der Waals surface area contributed by atoms with E-state index in [9.17, 15) is 40.6 Å². The first-order chi connectivity index (χ1) is 33.8. The fourth-order valence-corrected chi connectivity index (χ4v) is 10.7. The van der Waals surface area contributed by atoms with Crippen LogP contribution in [0.15, 0.2) is 82.3 Å². The fourth-order valence-electron chi connectivity index (χ4n) is 9.72. The summed E-state index contributed by atoms with van der Waals surface area (Å²) in [7, 11) is -8.91. The van der Waals surface area contributed by atoms with Crippen LogP contribution in [0.25, 0.3) is 0 Å². The van der Waals surface area contributed by atoms with Crippen molar-refractivity contribution in [2.24, 2.45) is 0 Å². The molecule has 5 N–H and O–H groups in total. The minimum absolute atomic E-state index is 0.0753. The number of aliphatic carboxylic acids is 1. The SMILES string of the molecule is Cc1c(C)c2c(c(C)c1O)CCC(C)(C(=O)NCCOCCOCCOCC[N+]1=C(/C=C/C=C/C=C3/N(CCCCCC(=O)O)c4ccc(S(=O)(=O)O)cc4C3(C)C)C(C)(C)c3cc(S(=O)(=O)O)ccc31)O2. The Balaban J connectivity index is 1.03. The van der Waals surface area contributed by atoms with Crippen LogP contribution < -0.4 is 15.0 Å². The van der Waals surface area contributed by atoms with Gasteiger partial charge in [0.15, 0.2) is 17.9 Å². The number of phenols is 1. The normalized spacial score (nSPS) is 18.8. The van der Waals surface area contributed by atoms with E-state index in [-0.39, 0.29) is 34.5 Å². The van der Waals surface area contributed by atoms with Gasteiger partial charge in [0.05, 0.1) is 48.2 Å². The molecule has 19 heteroatoms. The summed E-state index contributed by atoms with van der Waals surface area (Å²) in [6, 6.07) is 9.10. The highest BCUT2D eigenvalue weighted by Crippen LogP contribution is 2.49. The van der Waals surface area contributed by atoms with E-state index >= 15 is 0 Å². The molecule has 0 aromatic heterocycles. The van der Waals surface area contributed by atoms with E-state index in [0.29, 0.717) is 96.1 Å². The van der Waals surface area contributed by atoms with Crippen molar-refractivity contribution in [1.82, 2.24) is 5.32 Å². The first-order valence-corrected chi connectivity index (χ1v) is 27.1. The lowest BCUT2D eigenvalue weighted by Gasteiger charge is -2.36. The molecule has 6 rings (SSSR count). The smallest absolute Gasteiger partial charge is 0.303 e. The lowest BCUT2D eigenvalue weighted by atomic mass is 9.81. The number of rotatable bonds is 24. The van der Waals surface area contributed by atoms with E-state index in [1.807, 2.05) is 78.8 Å². The highest BCUT2D eigenvalue weighted by atomic mass is 32.2. The third-order valence-corrected chi connectivity index (χ3v) is 15.8. The molecule has 0 saturated heterocycles. The standard InChI is InChI=1S/C53H69N3O14S2/c1-35-36(2)49-40(37(3)48(35)59)22-23-53(8,70-49)50(60)54-24-27-67-29-31-69-32-30-68-28-26-56-44-21-19-39(72(64,65)66)34-42(44)52(6,7)46(56)16-12-9-11-15-45-51(4,5)41-33-38(71(61,62)63)18-20-43(41)55(45)25-14-10-13-17-47(57)58/h9,11-12,15-16,18-21,33-34H,10,13-14,17,22-32H2,1-8H3,(H4-,54,57,58,59,60,61,62,63,64,65,66)/p+1. The van der Waals surface area contributed by atoms with Gasteiger partial charge >= 0.3 is 5.97 Å². The molecule has 3 aromatic carbocycles. The number of phenolic OH excluding ortho intramolecular Hbond substituents is 1. The van der Waals surface area contributed by atoms with Gasteiger partial charge < -0.3 is 39.4 Å². The maximum absolute atomic E-state index is 13.2. The van der Waals surface area contributed by atoms with E-state index in [1.165, 1.54) is 24.3 Å². The number of carbonyl (C=O) groups is 2. The van der Waals surface area contributed by atoms with Crippen molar-refractivity contribution in [3.05, 3.63) is 106 Å². The van der Waals surface area contributed by atoms with Gasteiger partial charge in [0.2, 0.25) is 5.69 Å². The number of amides is 1. The number of carbonyl (C=O) groups excluding carboxylic acids is 1. The van der Waals surface area contributed by atoms with Crippen molar-refractivity contribution in [1.29, 1.82) is 0 Å². The summed E-state index contributed by atoms with van der Waals surface area (Å²) in [5, 5.41) is 22.5. The van der Waals surface area contributed by atoms with Gasteiger partial charge in [-0.05, 0) is 119 Å². The van der Waals surface area contributed by atoms with Crippen molar-refractivity contribution in [2.45, 2.75) is 120 Å². The molecule has 392 valence electrons. The second kappa shape index (κ2) is 22.8. The summed E-state index contributed by atoms with van der Waals surface area (Å²) in [6.45, 7) is 18.4. The topological polar surface area (TPSA) is 239 Å². The van der Waals surface area contributed by atoms with E-state index in [0.717, 1.165) is 50.6 Å². The van der Waals surface area contributed by atoms with Crippen LogP contribution >= 0.6 is 0 Å². The highest BCUT2D eigenvalue weighted by Gasteiger charge is 2.45. The second-order valence-electron chi connectivity index (χ2n) is 19.7. The molecule has 0 radical (unpaired) electrons. The number of hydrogen-bond acceptors (Lipinski definition) is 12. The number of aromatic hydroxyl groups is 1. The third-order valence-electron chi connectivity index (χ3n) is 14.1. The molecule has 0 aliphatic carbocycles. The van der Waals surface area contributed by atoms with Gasteiger partial charge in [0.1, 0.15) is 18.1 Å². The van der Waals surface area contributed by atoms with Gasteiger partial charge in [0.25, 0.3) is 26.1 Å². The molecule has 3 aliphatic heterocycles. The fraction of sp³-hybridized carbons (Fsp3) is 0.491. The minimum Gasteiger partial charge on any atom is -0.507 e. The molecule has 72 heavy (non-hydrogen) atoms. The second-order valence-corrected chi connectivity index (χ2v) is 22.5. The molecule has 1 atom stereocenters. The molecule has 3 aromatic rings. The van der Waals surface area contributed by atoms with Gasteiger partial charge in [-0.1, -0.05) is 38.5 Å². The van der Waals surface area contributed by atoms with Crippen LogP contribution in [-0.4, -0.2) is 123 Å². The zero-order valence-corrected chi connectivity index (χ0v) is 44.2. The monoisotopic (exact) mass is 1040 g/mol. The van der Waals surface area contributed by atoms with E-state index < -0.39 is 42.6 Å². The van der Waals surface area contributed by atoms with Gasteiger partial charge in [-0.25, -0.2) is 0 Å². The molecule has 0 fully saturated rings. The van der Waals surface area contributed by atoms with E-state index in [1.54, 1.807) is 19.1 Å². The van der Waals surface area contributed by atoms with Gasteiger partial charge in [-0.3, -0.25) is 18.7 Å². The lowest BCUT2D eigenvalue weighted by Crippen LogP contribution is -2.51. The summed E-state index contributed by atoms with van der Waals surface area (Å²) in [5.74, 6) is -0.142. The largest absolute Gasteiger partial charge is 0.507 e. The Morgan fingerprint density at radius 3 is 2.06 bits per heavy atom. The number of anilines is 1. The van der Waals surface area contributed by atoms with Crippen molar-refractivity contribution in [2.75, 3.05) is 64.2 Å². The van der Waals surface area contributed by atoms with Crippen LogP contribution in [0.5, 0.6) is 11.5 Å². The minimum atomic E-state index is -4.47. The Labute approximate surface area is 423 Å². The number of nitrogens with zero attached hydrogens (tertiary/aromatic N) is 2. The number of benzene rings is 3. The lowest BCUT2D eigenvalue weighted by molar-refractivity contribution is -0.442. The molecule has 17 nitrogen and oxygen atoms in total. The predicted molar refractivity (Wildman–Crippen MR) is 273 cm³/mol. The van der Waals surface area contributed by atoms with Crippen molar-refractivity contribution in [3.63, 3.8) is 0 Å².